The number of aliphatic hydroxyl groups excluding tert-OH is 1. The van der Waals surface area contributed by atoms with Crippen molar-refractivity contribution in [2.45, 2.75) is 6.23 Å². The third-order valence-corrected chi connectivity index (χ3v) is 1.49. The zero-order valence-corrected chi connectivity index (χ0v) is 6.15. The van der Waals surface area contributed by atoms with E-state index in [0.29, 0.717) is 0 Å². The molecule has 0 spiro atoms. The highest BCUT2D eigenvalue weighted by Crippen LogP contribution is 2.15. The van der Waals surface area contributed by atoms with Crippen LogP contribution in [-0.2, 0) is 0 Å². The second-order valence-corrected chi connectivity index (χ2v) is 2.24. The average Bonchev–Trinajstić information content (AvgIpc) is 2.52. The summed E-state index contributed by atoms with van der Waals surface area (Å²) in [5, 5.41) is 26.5. The van der Waals surface area contributed by atoms with E-state index in [2.05, 4.69) is 20.6 Å². The molecule has 1 aliphatic heterocycles. The number of nitro groups is 1. The minimum atomic E-state index is -1.49. The number of fused-ring (bicyclic) bond motifs is 1. The van der Waals surface area contributed by atoms with Crippen LogP contribution >= 0.6 is 0 Å². The van der Waals surface area contributed by atoms with Crippen molar-refractivity contribution in [3.8, 4) is 0 Å². The molecule has 2 heterocycles. The van der Waals surface area contributed by atoms with Gasteiger partial charge in [0.1, 0.15) is 6.33 Å². The van der Waals surface area contributed by atoms with E-state index in [1.165, 1.54) is 0 Å². The number of amidine groups is 1. The highest BCUT2D eigenvalue weighted by molar-refractivity contribution is 5.79. The molecule has 2 rings (SSSR count). The number of hydrogen-bond donors (Lipinski definition) is 2. The Morgan fingerprint density at radius 3 is 3.23 bits per heavy atom. The zero-order chi connectivity index (χ0) is 9.42. The fourth-order valence-electron chi connectivity index (χ4n) is 0.919. The predicted molar refractivity (Wildman–Crippen MR) is 39.3 cm³/mol. The number of hydrogen-bond acceptors (Lipinski definition) is 7. The van der Waals surface area contributed by atoms with E-state index in [1.54, 1.807) is 0 Å². The van der Waals surface area contributed by atoms with Crippen molar-refractivity contribution in [2.24, 2.45) is 5.10 Å². The van der Waals surface area contributed by atoms with Gasteiger partial charge in [0.25, 0.3) is 12.2 Å². The van der Waals surface area contributed by atoms with Crippen molar-refractivity contribution in [2.75, 3.05) is 5.43 Å². The average molecular weight is 184 g/mol. The maximum atomic E-state index is 10.3. The molecule has 1 aromatic heterocycles. The largest absolute Gasteiger partial charge is 0.415 e. The first-order chi connectivity index (χ1) is 6.20. The molecule has 9 nitrogen and oxygen atoms in total. The Morgan fingerprint density at radius 2 is 2.54 bits per heavy atom. The monoisotopic (exact) mass is 184 g/mol. The molecule has 0 aliphatic carbocycles. The quantitative estimate of drug-likeness (QED) is 0.385. The maximum Gasteiger partial charge on any atom is 0.415 e. The Kier molecular flexibility index (Phi) is 1.45. The Morgan fingerprint density at radius 1 is 1.77 bits per heavy atom. The van der Waals surface area contributed by atoms with Gasteiger partial charge in [-0.15, -0.1) is 5.43 Å². The number of nitrogens with one attached hydrogen (secondary N) is 1. The van der Waals surface area contributed by atoms with Crippen LogP contribution in [0.2, 0.25) is 0 Å². The van der Waals surface area contributed by atoms with E-state index in [0.717, 1.165) is 11.0 Å². The number of anilines is 1. The lowest BCUT2D eigenvalue weighted by molar-refractivity contribution is -0.362. The summed E-state index contributed by atoms with van der Waals surface area (Å²) < 4.78 is 0.963. The summed E-state index contributed by atoms with van der Waals surface area (Å²) in [4.78, 5) is 13.2. The normalized spacial score (nSPS) is 20.1. The standard InChI is InChI=1S/C4H4N6O3/c11-3-2(10(12)13)7-8-4-5-1-6-9(3)4/h1,3,11H,(H,5,6,8)/t3-/m0/s1. The highest BCUT2D eigenvalue weighted by Gasteiger charge is 2.33. The lowest BCUT2D eigenvalue weighted by Gasteiger charge is -2.12. The van der Waals surface area contributed by atoms with E-state index in [1.807, 2.05) is 0 Å². The van der Waals surface area contributed by atoms with Crippen LogP contribution in [0.4, 0.5) is 5.95 Å². The van der Waals surface area contributed by atoms with Crippen molar-refractivity contribution in [3.63, 3.8) is 0 Å². The number of aliphatic hydroxyl groups is 1. The first-order valence-corrected chi connectivity index (χ1v) is 3.25. The molecule has 0 saturated heterocycles. The van der Waals surface area contributed by atoms with Crippen LogP contribution in [0.15, 0.2) is 11.4 Å². The topological polar surface area (TPSA) is 118 Å². The van der Waals surface area contributed by atoms with E-state index in [9.17, 15) is 15.2 Å². The molecule has 0 fully saturated rings. The van der Waals surface area contributed by atoms with E-state index < -0.39 is 17.0 Å². The van der Waals surface area contributed by atoms with Crippen LogP contribution in [0.1, 0.15) is 6.23 Å². The summed E-state index contributed by atoms with van der Waals surface area (Å²) in [6.45, 7) is 0. The molecule has 0 saturated carbocycles. The molecular weight excluding hydrogens is 180 g/mol. The number of hydrazone groups is 1. The predicted octanol–water partition coefficient (Wildman–Crippen LogP) is -1.22. The van der Waals surface area contributed by atoms with Crippen LogP contribution < -0.4 is 5.43 Å². The zero-order valence-electron chi connectivity index (χ0n) is 6.15. The minimum absolute atomic E-state index is 0.165. The molecule has 0 bridgehead atoms. The van der Waals surface area contributed by atoms with Crippen LogP contribution in [0.3, 0.4) is 0 Å². The fraction of sp³-hybridized carbons (Fsp3) is 0.250. The van der Waals surface area contributed by atoms with Gasteiger partial charge in [0.05, 0.1) is 5.10 Å². The Hall–Kier alpha value is -2.03. The van der Waals surface area contributed by atoms with Gasteiger partial charge >= 0.3 is 5.84 Å². The minimum Gasteiger partial charge on any atom is -0.362 e. The number of aromatic nitrogens is 3. The van der Waals surface area contributed by atoms with Gasteiger partial charge in [-0.25, -0.2) is 0 Å². The lowest BCUT2D eigenvalue weighted by Crippen LogP contribution is -2.32. The molecule has 0 aromatic carbocycles. The summed E-state index contributed by atoms with van der Waals surface area (Å²) >= 11 is 0. The molecule has 1 aromatic rings. The molecule has 9 heteroatoms. The van der Waals surface area contributed by atoms with E-state index >= 15 is 0 Å². The Bertz CT molecular complexity index is 383. The van der Waals surface area contributed by atoms with Gasteiger partial charge in [-0.2, -0.15) is 14.8 Å². The SMILES string of the molecule is O=[N+]([O-])C1=NNc2ncnn2[C@H]1O. The van der Waals surface area contributed by atoms with Crippen molar-refractivity contribution < 1.29 is 10.0 Å². The van der Waals surface area contributed by atoms with Gasteiger partial charge in [-0.1, -0.05) is 0 Å². The lowest BCUT2D eigenvalue weighted by atomic mass is 10.5. The molecule has 0 radical (unpaired) electrons. The molecule has 2 N–H and O–H groups in total. The number of nitrogens with zero attached hydrogens (tertiary/aromatic N) is 5. The molecule has 13 heavy (non-hydrogen) atoms. The smallest absolute Gasteiger partial charge is 0.362 e. The molecule has 0 amide bonds. The Balaban J connectivity index is 2.41. The van der Waals surface area contributed by atoms with Gasteiger partial charge in [0.2, 0.25) is 0 Å². The fourth-order valence-corrected chi connectivity index (χ4v) is 0.919. The van der Waals surface area contributed by atoms with Crippen molar-refractivity contribution >= 4 is 11.8 Å². The van der Waals surface area contributed by atoms with Crippen molar-refractivity contribution in [1.82, 2.24) is 14.8 Å². The van der Waals surface area contributed by atoms with Gasteiger partial charge < -0.3 is 15.2 Å². The van der Waals surface area contributed by atoms with Gasteiger partial charge in [-0.3, -0.25) is 0 Å². The van der Waals surface area contributed by atoms with Crippen LogP contribution in [0, 0.1) is 10.1 Å². The summed E-state index contributed by atoms with van der Waals surface area (Å²) in [7, 11) is 0. The molecular formula is C4H4N6O3. The molecule has 0 unspecified atom stereocenters. The third-order valence-electron chi connectivity index (χ3n) is 1.49. The third kappa shape index (κ3) is 1.02. The maximum absolute atomic E-state index is 10.3. The van der Waals surface area contributed by atoms with Gasteiger partial charge in [-0.05, 0) is 4.92 Å². The molecule has 1 aliphatic rings. The van der Waals surface area contributed by atoms with Crippen molar-refractivity contribution in [1.29, 1.82) is 0 Å². The van der Waals surface area contributed by atoms with Gasteiger partial charge in [0.15, 0.2) is 0 Å². The first-order valence-electron chi connectivity index (χ1n) is 3.25. The summed E-state index contributed by atoms with van der Waals surface area (Å²) in [5.41, 5.74) is 2.28. The second-order valence-electron chi connectivity index (χ2n) is 2.24. The van der Waals surface area contributed by atoms with Crippen LogP contribution in [0.25, 0.3) is 0 Å². The van der Waals surface area contributed by atoms with Crippen molar-refractivity contribution in [3.05, 3.63) is 16.4 Å². The first kappa shape index (κ1) is 7.61. The van der Waals surface area contributed by atoms with Crippen LogP contribution in [0.5, 0.6) is 0 Å². The van der Waals surface area contributed by atoms with E-state index in [-0.39, 0.29) is 5.95 Å². The summed E-state index contributed by atoms with van der Waals surface area (Å²) in [6, 6.07) is 0. The molecule has 1 atom stereocenters. The summed E-state index contributed by atoms with van der Waals surface area (Å²) in [5.74, 6) is -0.448. The Labute approximate surface area is 70.8 Å². The van der Waals surface area contributed by atoms with E-state index in [4.69, 9.17) is 0 Å². The highest BCUT2D eigenvalue weighted by atomic mass is 16.6. The second kappa shape index (κ2) is 2.48. The molecule has 68 valence electrons. The van der Waals surface area contributed by atoms with Crippen LogP contribution in [-0.4, -0.2) is 30.6 Å². The summed E-state index contributed by atoms with van der Waals surface area (Å²) in [6.07, 6.45) is -0.335. The number of rotatable bonds is 0. The van der Waals surface area contributed by atoms with Gasteiger partial charge in [0, 0.05) is 0 Å².